The molecule has 33 heavy (non-hydrogen) atoms. The van der Waals surface area contributed by atoms with Gasteiger partial charge in [0.05, 0.1) is 27.8 Å². The SMILES string of the molecule is O=[N+]([O-])c1ccc(N/N=C/c2cn(-c3ccccc3)nc2-c2ccc(F)cc2)c([N+](=O)[O-])c1. The summed E-state index contributed by atoms with van der Waals surface area (Å²) in [5.41, 5.74) is 4.16. The van der Waals surface area contributed by atoms with E-state index in [9.17, 15) is 24.6 Å². The minimum Gasteiger partial charge on any atom is -0.272 e. The Kier molecular flexibility index (Phi) is 5.85. The fraction of sp³-hybridized carbons (Fsp3) is 0. The van der Waals surface area contributed by atoms with Gasteiger partial charge in [-0.2, -0.15) is 10.2 Å². The first-order chi connectivity index (χ1) is 15.9. The zero-order chi connectivity index (χ0) is 23.4. The van der Waals surface area contributed by atoms with E-state index in [1.807, 2.05) is 30.3 Å². The number of para-hydroxylation sites is 1. The molecule has 10 nitrogen and oxygen atoms in total. The summed E-state index contributed by atoms with van der Waals surface area (Å²) < 4.78 is 15.0. The molecule has 1 N–H and O–H groups in total. The highest BCUT2D eigenvalue weighted by molar-refractivity contribution is 5.89. The van der Waals surface area contributed by atoms with Crippen molar-refractivity contribution in [3.05, 3.63) is 111 Å². The van der Waals surface area contributed by atoms with Crippen molar-refractivity contribution in [2.45, 2.75) is 0 Å². The van der Waals surface area contributed by atoms with E-state index in [2.05, 4.69) is 15.6 Å². The lowest BCUT2D eigenvalue weighted by atomic mass is 10.1. The van der Waals surface area contributed by atoms with Crippen LogP contribution in [-0.4, -0.2) is 25.8 Å². The van der Waals surface area contributed by atoms with Crippen LogP contribution in [0.5, 0.6) is 0 Å². The maximum atomic E-state index is 13.4. The summed E-state index contributed by atoms with van der Waals surface area (Å²) in [6.07, 6.45) is 3.12. The molecule has 0 atom stereocenters. The Balaban J connectivity index is 1.69. The molecule has 0 amide bonds. The number of nitro benzene ring substituents is 2. The zero-order valence-electron chi connectivity index (χ0n) is 16.8. The molecule has 0 aliphatic carbocycles. The average Bonchev–Trinajstić information content (AvgIpc) is 3.24. The molecule has 0 unspecified atom stereocenters. The highest BCUT2D eigenvalue weighted by atomic mass is 19.1. The second-order valence-electron chi connectivity index (χ2n) is 6.81. The number of aromatic nitrogens is 2. The topological polar surface area (TPSA) is 128 Å². The van der Waals surface area contributed by atoms with Gasteiger partial charge >= 0.3 is 5.69 Å². The number of hydrogen-bond acceptors (Lipinski definition) is 7. The van der Waals surface area contributed by atoms with Crippen LogP contribution in [0.1, 0.15) is 5.56 Å². The van der Waals surface area contributed by atoms with Crippen molar-refractivity contribution in [3.63, 3.8) is 0 Å². The molecule has 0 radical (unpaired) electrons. The highest BCUT2D eigenvalue weighted by Gasteiger charge is 2.19. The summed E-state index contributed by atoms with van der Waals surface area (Å²) in [5, 5.41) is 30.8. The van der Waals surface area contributed by atoms with Gasteiger partial charge in [-0.15, -0.1) is 0 Å². The fourth-order valence-corrected chi connectivity index (χ4v) is 3.08. The number of hydrogen-bond donors (Lipinski definition) is 1. The molecule has 1 aromatic heterocycles. The standard InChI is InChI=1S/C22H15FN6O4/c23-17-8-6-15(7-9-17)22-16(14-27(26-22)18-4-2-1-3-5-18)13-24-25-20-11-10-19(28(30)31)12-21(20)29(32)33/h1-14,25H/b24-13+. The lowest BCUT2D eigenvalue weighted by Gasteiger charge is -2.02. The monoisotopic (exact) mass is 446 g/mol. The summed E-state index contributed by atoms with van der Waals surface area (Å²) in [4.78, 5) is 20.8. The van der Waals surface area contributed by atoms with Gasteiger partial charge in [0.15, 0.2) is 0 Å². The van der Waals surface area contributed by atoms with Crippen LogP contribution in [0.15, 0.2) is 84.1 Å². The number of benzene rings is 3. The van der Waals surface area contributed by atoms with Crippen LogP contribution in [0.2, 0.25) is 0 Å². The van der Waals surface area contributed by atoms with Crippen LogP contribution < -0.4 is 5.43 Å². The molecule has 0 saturated heterocycles. The van der Waals surface area contributed by atoms with Crippen LogP contribution in [-0.2, 0) is 0 Å². The Labute approximate surface area is 185 Å². The Hall–Kier alpha value is -4.93. The first kappa shape index (κ1) is 21.3. The van der Waals surface area contributed by atoms with Crippen molar-refractivity contribution >= 4 is 23.3 Å². The summed E-state index contributed by atoms with van der Waals surface area (Å²) >= 11 is 0. The molecular weight excluding hydrogens is 431 g/mol. The van der Waals surface area contributed by atoms with E-state index in [1.54, 1.807) is 23.0 Å². The number of non-ortho nitro benzene ring substituents is 1. The average molecular weight is 446 g/mol. The number of hydrazone groups is 1. The lowest BCUT2D eigenvalue weighted by Crippen LogP contribution is -1.99. The minimum absolute atomic E-state index is 0.0133. The van der Waals surface area contributed by atoms with E-state index in [-0.39, 0.29) is 11.5 Å². The Morgan fingerprint density at radius 1 is 0.970 bits per heavy atom. The molecule has 0 spiro atoms. The molecule has 0 saturated carbocycles. The fourth-order valence-electron chi connectivity index (χ4n) is 3.08. The van der Waals surface area contributed by atoms with E-state index >= 15 is 0 Å². The van der Waals surface area contributed by atoms with Gasteiger partial charge in [0.1, 0.15) is 17.2 Å². The van der Waals surface area contributed by atoms with E-state index in [0.717, 1.165) is 17.8 Å². The van der Waals surface area contributed by atoms with Gasteiger partial charge in [0, 0.05) is 23.4 Å². The molecule has 4 rings (SSSR count). The predicted octanol–water partition coefficient (Wildman–Crippen LogP) is 4.94. The van der Waals surface area contributed by atoms with Gasteiger partial charge in [-0.25, -0.2) is 9.07 Å². The van der Waals surface area contributed by atoms with E-state index in [0.29, 0.717) is 16.8 Å². The van der Waals surface area contributed by atoms with Gasteiger partial charge in [-0.1, -0.05) is 18.2 Å². The van der Waals surface area contributed by atoms with Crippen molar-refractivity contribution in [2.75, 3.05) is 5.43 Å². The quantitative estimate of drug-likeness (QED) is 0.243. The predicted molar refractivity (Wildman–Crippen MR) is 120 cm³/mol. The number of nitrogens with one attached hydrogen (secondary N) is 1. The van der Waals surface area contributed by atoms with Crippen molar-refractivity contribution in [1.82, 2.24) is 9.78 Å². The maximum absolute atomic E-state index is 13.4. The maximum Gasteiger partial charge on any atom is 0.301 e. The van der Waals surface area contributed by atoms with Gasteiger partial charge in [-0.05, 0) is 42.5 Å². The molecule has 3 aromatic carbocycles. The third-order valence-electron chi connectivity index (χ3n) is 4.66. The van der Waals surface area contributed by atoms with Crippen LogP contribution in [0.3, 0.4) is 0 Å². The highest BCUT2D eigenvalue weighted by Crippen LogP contribution is 2.29. The summed E-state index contributed by atoms with van der Waals surface area (Å²) in [6.45, 7) is 0. The Morgan fingerprint density at radius 2 is 1.70 bits per heavy atom. The van der Waals surface area contributed by atoms with Gasteiger partial charge in [-0.3, -0.25) is 25.7 Å². The summed E-state index contributed by atoms with van der Waals surface area (Å²) in [6, 6.07) is 18.3. The number of anilines is 1. The van der Waals surface area contributed by atoms with E-state index in [1.165, 1.54) is 24.4 Å². The molecular formula is C22H15FN6O4. The number of nitro groups is 2. The van der Waals surface area contributed by atoms with Crippen LogP contribution in [0.4, 0.5) is 21.5 Å². The smallest absolute Gasteiger partial charge is 0.272 e. The molecule has 1 heterocycles. The zero-order valence-corrected chi connectivity index (χ0v) is 16.8. The molecule has 0 aliphatic rings. The second kappa shape index (κ2) is 9.06. The number of halogens is 1. The van der Waals surface area contributed by atoms with Crippen molar-refractivity contribution < 1.29 is 14.2 Å². The van der Waals surface area contributed by atoms with Crippen molar-refractivity contribution in [3.8, 4) is 16.9 Å². The molecule has 11 heteroatoms. The normalized spacial score (nSPS) is 10.9. The van der Waals surface area contributed by atoms with E-state index < -0.39 is 21.2 Å². The third-order valence-corrected chi connectivity index (χ3v) is 4.66. The first-order valence-corrected chi connectivity index (χ1v) is 9.55. The number of nitrogens with zero attached hydrogens (tertiary/aromatic N) is 5. The van der Waals surface area contributed by atoms with Crippen LogP contribution in [0.25, 0.3) is 16.9 Å². The van der Waals surface area contributed by atoms with Crippen LogP contribution in [0, 0.1) is 26.0 Å². The lowest BCUT2D eigenvalue weighted by molar-refractivity contribution is -0.393. The molecule has 0 fully saturated rings. The van der Waals surface area contributed by atoms with Gasteiger partial charge in [0.2, 0.25) is 0 Å². The van der Waals surface area contributed by atoms with Gasteiger partial charge < -0.3 is 0 Å². The molecule has 4 aromatic rings. The largest absolute Gasteiger partial charge is 0.301 e. The van der Waals surface area contributed by atoms with Crippen molar-refractivity contribution in [1.29, 1.82) is 0 Å². The molecule has 164 valence electrons. The second-order valence-corrected chi connectivity index (χ2v) is 6.81. The van der Waals surface area contributed by atoms with Gasteiger partial charge in [0.25, 0.3) is 5.69 Å². The summed E-state index contributed by atoms with van der Waals surface area (Å²) in [7, 11) is 0. The Morgan fingerprint density at radius 3 is 2.36 bits per heavy atom. The summed E-state index contributed by atoms with van der Waals surface area (Å²) in [5.74, 6) is -0.386. The van der Waals surface area contributed by atoms with E-state index in [4.69, 9.17) is 0 Å². The van der Waals surface area contributed by atoms with Crippen LogP contribution >= 0.6 is 0 Å². The molecule has 0 aliphatic heterocycles. The Bertz CT molecular complexity index is 1350. The third kappa shape index (κ3) is 4.71. The minimum atomic E-state index is -0.734. The first-order valence-electron chi connectivity index (χ1n) is 9.55. The molecule has 0 bridgehead atoms. The van der Waals surface area contributed by atoms with Crippen molar-refractivity contribution in [2.24, 2.45) is 5.10 Å². The number of rotatable bonds is 7.